The molecule has 1 aromatic carbocycles. The van der Waals surface area contributed by atoms with Crippen LogP contribution in [0.1, 0.15) is 12.5 Å². The molecule has 0 bridgehead atoms. The molecule has 2 unspecified atom stereocenters. The zero-order chi connectivity index (χ0) is 15.6. The molecular formula is C15H24N4O2. The molecule has 0 amide bonds. The van der Waals surface area contributed by atoms with E-state index in [0.717, 1.165) is 25.2 Å². The van der Waals surface area contributed by atoms with Gasteiger partial charge in [0.1, 0.15) is 5.69 Å². The molecule has 21 heavy (non-hydrogen) atoms. The lowest BCUT2D eigenvalue weighted by molar-refractivity contribution is -0.384. The Morgan fingerprint density at radius 3 is 2.67 bits per heavy atom. The fraction of sp³-hybridized carbons (Fsp3) is 0.600. The molecular weight excluding hydrogens is 268 g/mol. The quantitative estimate of drug-likeness (QED) is 0.664. The smallest absolute Gasteiger partial charge is 0.292 e. The van der Waals surface area contributed by atoms with E-state index in [0.29, 0.717) is 17.6 Å². The molecule has 1 heterocycles. The van der Waals surface area contributed by atoms with Crippen molar-refractivity contribution < 1.29 is 4.92 Å². The van der Waals surface area contributed by atoms with Gasteiger partial charge in [-0.2, -0.15) is 0 Å². The first kappa shape index (κ1) is 15.7. The van der Waals surface area contributed by atoms with E-state index in [1.165, 1.54) is 0 Å². The molecule has 1 fully saturated rings. The Labute approximate surface area is 125 Å². The second-order valence-corrected chi connectivity index (χ2v) is 6.06. The topological polar surface area (TPSA) is 61.6 Å². The number of nitrogens with zero attached hydrogens (tertiary/aromatic N) is 3. The van der Waals surface area contributed by atoms with Crippen molar-refractivity contribution >= 4 is 11.4 Å². The SMILES string of the molecule is CNc1cc(CN2CC(C)C(N(C)C)C2)ccc1[N+](=O)[O-]. The molecule has 1 aliphatic heterocycles. The number of likely N-dealkylation sites (N-methyl/N-ethyl adjacent to an activating group) is 1. The van der Waals surface area contributed by atoms with Gasteiger partial charge in [0.15, 0.2) is 0 Å². The van der Waals surface area contributed by atoms with Gasteiger partial charge in [-0.25, -0.2) is 0 Å². The predicted molar refractivity (Wildman–Crippen MR) is 84.6 cm³/mol. The van der Waals surface area contributed by atoms with Crippen molar-refractivity contribution in [1.82, 2.24) is 9.80 Å². The Morgan fingerprint density at radius 1 is 1.43 bits per heavy atom. The number of hydrogen-bond acceptors (Lipinski definition) is 5. The number of likely N-dealkylation sites (tertiary alicyclic amines) is 1. The minimum absolute atomic E-state index is 0.127. The van der Waals surface area contributed by atoms with E-state index in [4.69, 9.17) is 0 Å². The Kier molecular flexibility index (Phi) is 4.80. The fourth-order valence-corrected chi connectivity index (χ4v) is 3.15. The lowest BCUT2D eigenvalue weighted by Crippen LogP contribution is -2.34. The van der Waals surface area contributed by atoms with Crippen LogP contribution in [0.2, 0.25) is 0 Å². The Bertz CT molecular complexity index is 518. The zero-order valence-corrected chi connectivity index (χ0v) is 13.2. The summed E-state index contributed by atoms with van der Waals surface area (Å²) in [6.45, 7) is 5.22. The van der Waals surface area contributed by atoms with Gasteiger partial charge in [0, 0.05) is 38.8 Å². The molecule has 0 aliphatic carbocycles. The third kappa shape index (κ3) is 3.51. The lowest BCUT2D eigenvalue weighted by atomic mass is 10.1. The third-order valence-electron chi connectivity index (χ3n) is 4.24. The van der Waals surface area contributed by atoms with Crippen LogP contribution in [0.3, 0.4) is 0 Å². The second kappa shape index (κ2) is 6.41. The highest BCUT2D eigenvalue weighted by molar-refractivity contribution is 5.62. The van der Waals surface area contributed by atoms with Crippen molar-refractivity contribution in [3.63, 3.8) is 0 Å². The van der Waals surface area contributed by atoms with Gasteiger partial charge in [-0.15, -0.1) is 0 Å². The first-order chi connectivity index (χ1) is 9.92. The van der Waals surface area contributed by atoms with Crippen LogP contribution >= 0.6 is 0 Å². The highest BCUT2D eigenvalue weighted by atomic mass is 16.6. The summed E-state index contributed by atoms with van der Waals surface area (Å²) in [5.41, 5.74) is 1.81. The maximum absolute atomic E-state index is 10.9. The van der Waals surface area contributed by atoms with E-state index in [9.17, 15) is 10.1 Å². The van der Waals surface area contributed by atoms with Crippen molar-refractivity contribution in [3.8, 4) is 0 Å². The maximum atomic E-state index is 10.9. The molecule has 116 valence electrons. The van der Waals surface area contributed by atoms with E-state index in [2.05, 4.69) is 36.1 Å². The van der Waals surface area contributed by atoms with E-state index >= 15 is 0 Å². The number of nitrogens with one attached hydrogen (secondary N) is 1. The van der Waals surface area contributed by atoms with Gasteiger partial charge in [-0.1, -0.05) is 13.0 Å². The lowest BCUT2D eigenvalue weighted by Gasteiger charge is -2.22. The molecule has 0 spiro atoms. The molecule has 6 nitrogen and oxygen atoms in total. The van der Waals surface area contributed by atoms with Crippen LogP contribution in [0.15, 0.2) is 18.2 Å². The Balaban J connectivity index is 2.09. The van der Waals surface area contributed by atoms with Crippen LogP contribution in [-0.2, 0) is 6.54 Å². The van der Waals surface area contributed by atoms with Gasteiger partial charge in [0.05, 0.1) is 4.92 Å². The first-order valence-corrected chi connectivity index (χ1v) is 7.26. The second-order valence-electron chi connectivity index (χ2n) is 6.06. The molecule has 1 N–H and O–H groups in total. The minimum atomic E-state index is -0.352. The molecule has 6 heteroatoms. The van der Waals surface area contributed by atoms with E-state index in [-0.39, 0.29) is 10.6 Å². The van der Waals surface area contributed by atoms with E-state index < -0.39 is 0 Å². The largest absolute Gasteiger partial charge is 0.383 e. The number of hydrogen-bond donors (Lipinski definition) is 1. The van der Waals surface area contributed by atoms with Crippen LogP contribution in [0.4, 0.5) is 11.4 Å². The van der Waals surface area contributed by atoms with Gasteiger partial charge in [0.2, 0.25) is 0 Å². The normalized spacial score (nSPS) is 22.7. The summed E-state index contributed by atoms with van der Waals surface area (Å²) in [7, 11) is 5.96. The number of rotatable bonds is 5. The average molecular weight is 292 g/mol. The van der Waals surface area contributed by atoms with Crippen LogP contribution in [-0.4, -0.2) is 55.0 Å². The monoisotopic (exact) mass is 292 g/mol. The first-order valence-electron chi connectivity index (χ1n) is 7.26. The van der Waals surface area contributed by atoms with Gasteiger partial charge >= 0.3 is 0 Å². The van der Waals surface area contributed by atoms with Crippen LogP contribution in [0, 0.1) is 16.0 Å². The third-order valence-corrected chi connectivity index (χ3v) is 4.24. The molecule has 2 rings (SSSR count). The predicted octanol–water partition coefficient (Wildman–Crippen LogP) is 2.02. The molecule has 1 saturated heterocycles. The van der Waals surface area contributed by atoms with Crippen molar-refractivity contribution in [2.75, 3.05) is 39.5 Å². The average Bonchev–Trinajstić information content (AvgIpc) is 2.79. The highest BCUT2D eigenvalue weighted by Crippen LogP contribution is 2.27. The van der Waals surface area contributed by atoms with Gasteiger partial charge < -0.3 is 10.2 Å². The molecule has 2 atom stereocenters. The number of nitro groups is 1. The van der Waals surface area contributed by atoms with Crippen molar-refractivity contribution in [3.05, 3.63) is 33.9 Å². The summed E-state index contributed by atoms with van der Waals surface area (Å²) in [4.78, 5) is 15.3. The van der Waals surface area contributed by atoms with Gasteiger partial charge in [0.25, 0.3) is 5.69 Å². The molecule has 0 saturated carbocycles. The number of anilines is 1. The summed E-state index contributed by atoms with van der Waals surface area (Å²) in [6.07, 6.45) is 0. The molecule has 1 aliphatic rings. The molecule has 1 aromatic rings. The Morgan fingerprint density at radius 2 is 2.14 bits per heavy atom. The van der Waals surface area contributed by atoms with Gasteiger partial charge in [-0.05, 0) is 31.6 Å². The maximum Gasteiger partial charge on any atom is 0.292 e. The summed E-state index contributed by atoms with van der Waals surface area (Å²) >= 11 is 0. The summed E-state index contributed by atoms with van der Waals surface area (Å²) in [5.74, 6) is 0.641. The van der Waals surface area contributed by atoms with E-state index in [1.807, 2.05) is 12.1 Å². The number of benzene rings is 1. The van der Waals surface area contributed by atoms with Crippen LogP contribution in [0.5, 0.6) is 0 Å². The van der Waals surface area contributed by atoms with Crippen LogP contribution in [0.25, 0.3) is 0 Å². The summed E-state index contributed by atoms with van der Waals surface area (Å²) < 4.78 is 0. The standard InChI is InChI=1S/C15H24N4O2/c1-11-8-18(10-15(11)17(3)4)9-12-5-6-14(19(20)21)13(7-12)16-2/h5-7,11,15-16H,8-10H2,1-4H3. The van der Waals surface area contributed by atoms with Gasteiger partial charge in [-0.3, -0.25) is 15.0 Å². The fourth-order valence-electron chi connectivity index (χ4n) is 3.15. The Hall–Kier alpha value is -1.66. The summed E-state index contributed by atoms with van der Waals surface area (Å²) in [5, 5.41) is 13.9. The molecule has 0 radical (unpaired) electrons. The number of nitro benzene ring substituents is 1. The zero-order valence-electron chi connectivity index (χ0n) is 13.2. The highest BCUT2D eigenvalue weighted by Gasteiger charge is 2.30. The van der Waals surface area contributed by atoms with Crippen molar-refractivity contribution in [2.45, 2.75) is 19.5 Å². The molecule has 0 aromatic heterocycles. The summed E-state index contributed by atoms with van der Waals surface area (Å²) in [6, 6.07) is 5.90. The van der Waals surface area contributed by atoms with Crippen molar-refractivity contribution in [2.24, 2.45) is 5.92 Å². The van der Waals surface area contributed by atoms with E-state index in [1.54, 1.807) is 13.1 Å². The minimum Gasteiger partial charge on any atom is -0.383 e. The van der Waals surface area contributed by atoms with Crippen LogP contribution < -0.4 is 5.32 Å². The van der Waals surface area contributed by atoms with Crippen molar-refractivity contribution in [1.29, 1.82) is 0 Å².